The first-order valence-corrected chi connectivity index (χ1v) is 10.9. The van der Waals surface area contributed by atoms with Gasteiger partial charge < -0.3 is 15.5 Å². The monoisotopic (exact) mass is 361 g/mol. The van der Waals surface area contributed by atoms with Crippen molar-refractivity contribution in [1.82, 2.24) is 4.90 Å². The molecule has 0 saturated heterocycles. The summed E-state index contributed by atoms with van der Waals surface area (Å²) in [6.07, 6.45) is 9.08. The number of rotatable bonds is 15. The number of anilines is 2. The van der Waals surface area contributed by atoms with Crippen LogP contribution in [0.25, 0.3) is 0 Å². The first-order chi connectivity index (χ1) is 12.6. The van der Waals surface area contributed by atoms with Crippen molar-refractivity contribution >= 4 is 11.4 Å². The number of nitrogens with one attached hydrogen (secondary N) is 2. The Hall–Kier alpha value is -1.22. The lowest BCUT2D eigenvalue weighted by molar-refractivity contribution is 0.295. The number of hydrogen-bond donors (Lipinski definition) is 2. The van der Waals surface area contributed by atoms with Crippen LogP contribution >= 0.6 is 0 Å². The summed E-state index contributed by atoms with van der Waals surface area (Å²) in [6, 6.07) is 9.87. The molecule has 0 amide bonds. The van der Waals surface area contributed by atoms with Crippen LogP contribution in [0.2, 0.25) is 0 Å². The Labute approximate surface area is 162 Å². The van der Waals surface area contributed by atoms with Crippen molar-refractivity contribution in [3.05, 3.63) is 24.3 Å². The van der Waals surface area contributed by atoms with Crippen LogP contribution in [-0.4, -0.2) is 36.6 Å². The van der Waals surface area contributed by atoms with Gasteiger partial charge in [-0.2, -0.15) is 0 Å². The van der Waals surface area contributed by atoms with Crippen LogP contribution < -0.4 is 10.6 Å². The zero-order valence-corrected chi connectivity index (χ0v) is 18.0. The highest BCUT2D eigenvalue weighted by Crippen LogP contribution is 2.17. The SMILES string of the molecule is CCCCCCC(C)Nc1ccc(NC(C)CCCN(CC)CC)cc1. The quantitative estimate of drug-likeness (QED) is 0.355. The van der Waals surface area contributed by atoms with Crippen LogP contribution in [0, 0.1) is 0 Å². The Morgan fingerprint density at radius 2 is 1.23 bits per heavy atom. The molecule has 1 rings (SSSR count). The van der Waals surface area contributed by atoms with E-state index in [1.54, 1.807) is 0 Å². The molecule has 0 bridgehead atoms. The molecule has 0 aliphatic rings. The average Bonchev–Trinajstić information content (AvgIpc) is 2.64. The third-order valence-corrected chi connectivity index (χ3v) is 5.21. The minimum atomic E-state index is 0.516. The smallest absolute Gasteiger partial charge is 0.0343 e. The van der Waals surface area contributed by atoms with Crippen molar-refractivity contribution in [2.24, 2.45) is 0 Å². The van der Waals surface area contributed by atoms with Gasteiger partial charge in [0.1, 0.15) is 0 Å². The molecular weight excluding hydrogens is 318 g/mol. The molecule has 0 aliphatic carbocycles. The predicted octanol–water partition coefficient (Wildman–Crippen LogP) is 6.38. The highest BCUT2D eigenvalue weighted by Gasteiger charge is 2.05. The molecule has 0 spiro atoms. The fraction of sp³-hybridized carbons (Fsp3) is 0.739. The topological polar surface area (TPSA) is 27.3 Å². The molecule has 2 atom stereocenters. The van der Waals surface area contributed by atoms with Crippen LogP contribution in [-0.2, 0) is 0 Å². The second-order valence-electron chi connectivity index (χ2n) is 7.69. The molecule has 0 fully saturated rings. The Morgan fingerprint density at radius 3 is 1.69 bits per heavy atom. The van der Waals surface area contributed by atoms with Gasteiger partial charge in [-0.1, -0.05) is 46.5 Å². The van der Waals surface area contributed by atoms with E-state index in [4.69, 9.17) is 0 Å². The van der Waals surface area contributed by atoms with Crippen LogP contribution in [0.4, 0.5) is 11.4 Å². The lowest BCUT2D eigenvalue weighted by atomic mass is 10.1. The van der Waals surface area contributed by atoms with Gasteiger partial charge in [0.15, 0.2) is 0 Å². The van der Waals surface area contributed by atoms with E-state index < -0.39 is 0 Å². The molecule has 2 unspecified atom stereocenters. The van der Waals surface area contributed by atoms with Gasteiger partial charge in [-0.3, -0.25) is 0 Å². The Balaban J connectivity index is 2.28. The molecule has 26 heavy (non-hydrogen) atoms. The Bertz CT molecular complexity index is 439. The molecule has 0 saturated carbocycles. The summed E-state index contributed by atoms with van der Waals surface area (Å²) in [5.74, 6) is 0. The van der Waals surface area contributed by atoms with E-state index >= 15 is 0 Å². The lowest BCUT2D eigenvalue weighted by Crippen LogP contribution is -2.25. The molecule has 0 aromatic heterocycles. The summed E-state index contributed by atoms with van der Waals surface area (Å²) in [5, 5.41) is 7.26. The standard InChI is InChI=1S/C23H43N3/c1-6-9-10-11-13-20(4)24-22-15-17-23(18-16-22)25-21(5)14-12-19-26(7-2)8-3/h15-18,20-21,24-25H,6-14,19H2,1-5H3. The number of benzene rings is 1. The van der Waals surface area contributed by atoms with Crippen molar-refractivity contribution in [2.45, 2.75) is 91.6 Å². The van der Waals surface area contributed by atoms with Crippen molar-refractivity contribution in [1.29, 1.82) is 0 Å². The van der Waals surface area contributed by atoms with Gasteiger partial charge in [0.05, 0.1) is 0 Å². The number of unbranched alkanes of at least 4 members (excludes halogenated alkanes) is 3. The summed E-state index contributed by atoms with van der Waals surface area (Å²) in [7, 11) is 0. The first kappa shape index (κ1) is 22.8. The van der Waals surface area contributed by atoms with Crippen molar-refractivity contribution < 1.29 is 0 Å². The highest BCUT2D eigenvalue weighted by atomic mass is 15.1. The van der Waals surface area contributed by atoms with E-state index in [9.17, 15) is 0 Å². The van der Waals surface area contributed by atoms with Gasteiger partial charge in [-0.05, 0) is 77.0 Å². The second kappa shape index (κ2) is 13.9. The summed E-state index contributed by atoms with van der Waals surface area (Å²) >= 11 is 0. The van der Waals surface area contributed by atoms with Crippen molar-refractivity contribution in [3.63, 3.8) is 0 Å². The molecule has 2 N–H and O–H groups in total. The maximum absolute atomic E-state index is 3.63. The molecule has 0 aliphatic heterocycles. The van der Waals surface area contributed by atoms with Crippen molar-refractivity contribution in [3.8, 4) is 0 Å². The summed E-state index contributed by atoms with van der Waals surface area (Å²) in [6.45, 7) is 14.8. The van der Waals surface area contributed by atoms with Gasteiger partial charge in [0.25, 0.3) is 0 Å². The average molecular weight is 362 g/mol. The zero-order chi connectivity index (χ0) is 19.2. The van der Waals surface area contributed by atoms with Crippen molar-refractivity contribution in [2.75, 3.05) is 30.3 Å². The number of nitrogens with zero attached hydrogens (tertiary/aromatic N) is 1. The predicted molar refractivity (Wildman–Crippen MR) is 118 cm³/mol. The molecule has 1 aromatic carbocycles. The summed E-state index contributed by atoms with van der Waals surface area (Å²) in [4.78, 5) is 2.50. The number of hydrogen-bond acceptors (Lipinski definition) is 3. The van der Waals surface area contributed by atoms with E-state index in [1.807, 2.05) is 0 Å². The molecular formula is C23H43N3. The zero-order valence-electron chi connectivity index (χ0n) is 18.0. The highest BCUT2D eigenvalue weighted by molar-refractivity contribution is 5.54. The van der Waals surface area contributed by atoms with Crippen LogP contribution in [0.3, 0.4) is 0 Å². The van der Waals surface area contributed by atoms with E-state index in [1.165, 1.54) is 62.9 Å². The largest absolute Gasteiger partial charge is 0.383 e. The molecule has 1 aromatic rings. The van der Waals surface area contributed by atoms with Gasteiger partial charge in [0.2, 0.25) is 0 Å². The Kier molecular flexibility index (Phi) is 12.2. The molecule has 0 radical (unpaired) electrons. The van der Waals surface area contributed by atoms with E-state index in [2.05, 4.69) is 74.4 Å². The fourth-order valence-corrected chi connectivity index (χ4v) is 3.41. The van der Waals surface area contributed by atoms with Gasteiger partial charge >= 0.3 is 0 Å². The fourth-order valence-electron chi connectivity index (χ4n) is 3.41. The molecule has 3 nitrogen and oxygen atoms in total. The normalized spacial score (nSPS) is 13.6. The summed E-state index contributed by atoms with van der Waals surface area (Å²) in [5.41, 5.74) is 2.45. The third kappa shape index (κ3) is 10.1. The molecule has 0 heterocycles. The minimum Gasteiger partial charge on any atom is -0.383 e. The lowest BCUT2D eigenvalue weighted by Gasteiger charge is -2.20. The third-order valence-electron chi connectivity index (χ3n) is 5.21. The molecule has 3 heteroatoms. The minimum absolute atomic E-state index is 0.516. The Morgan fingerprint density at radius 1 is 0.731 bits per heavy atom. The van der Waals surface area contributed by atoms with Crippen LogP contribution in [0.1, 0.15) is 79.6 Å². The van der Waals surface area contributed by atoms with Gasteiger partial charge in [-0.15, -0.1) is 0 Å². The van der Waals surface area contributed by atoms with E-state index in [0.29, 0.717) is 12.1 Å². The van der Waals surface area contributed by atoms with Gasteiger partial charge in [0, 0.05) is 23.5 Å². The van der Waals surface area contributed by atoms with E-state index in [0.717, 1.165) is 13.1 Å². The van der Waals surface area contributed by atoms with Crippen LogP contribution in [0.15, 0.2) is 24.3 Å². The van der Waals surface area contributed by atoms with Crippen LogP contribution in [0.5, 0.6) is 0 Å². The second-order valence-corrected chi connectivity index (χ2v) is 7.69. The van der Waals surface area contributed by atoms with Gasteiger partial charge in [-0.25, -0.2) is 0 Å². The van der Waals surface area contributed by atoms with E-state index in [-0.39, 0.29) is 0 Å². The molecule has 150 valence electrons. The summed E-state index contributed by atoms with van der Waals surface area (Å²) < 4.78 is 0. The maximum Gasteiger partial charge on any atom is 0.0343 e. The maximum atomic E-state index is 3.63. The first-order valence-electron chi connectivity index (χ1n) is 10.9.